The van der Waals surface area contributed by atoms with Crippen LogP contribution in [0.1, 0.15) is 5.69 Å². The van der Waals surface area contributed by atoms with Crippen molar-refractivity contribution in [1.29, 1.82) is 5.26 Å². The Hall–Kier alpha value is -2.65. The largest absolute Gasteiger partial charge is 0.383 e. The highest BCUT2D eigenvalue weighted by Crippen LogP contribution is 2.27. The number of rotatable bonds is 1. The van der Waals surface area contributed by atoms with Crippen LogP contribution in [0.2, 0.25) is 0 Å². The molecule has 0 aliphatic rings. The molecule has 3 rings (SSSR count). The Morgan fingerprint density at radius 1 is 1.26 bits per heavy atom. The molecule has 92 valence electrons. The molecule has 19 heavy (non-hydrogen) atoms. The van der Waals surface area contributed by atoms with Crippen molar-refractivity contribution >= 4 is 28.8 Å². The SMILES string of the molecule is N#Cc1ccc2nc(-c3cccnc3N)n(Cl)c2n1. The second-order valence-corrected chi connectivity index (χ2v) is 4.14. The average molecular weight is 271 g/mol. The van der Waals surface area contributed by atoms with Gasteiger partial charge >= 0.3 is 0 Å². The van der Waals surface area contributed by atoms with E-state index in [2.05, 4.69) is 15.0 Å². The van der Waals surface area contributed by atoms with Gasteiger partial charge in [-0.05, 0) is 24.3 Å². The topological polar surface area (TPSA) is 93.4 Å². The highest BCUT2D eigenvalue weighted by atomic mass is 35.5. The Bertz CT molecular complexity index is 817. The summed E-state index contributed by atoms with van der Waals surface area (Å²) in [6.07, 6.45) is 1.59. The first kappa shape index (κ1) is 11.4. The minimum Gasteiger partial charge on any atom is -0.383 e. The summed E-state index contributed by atoms with van der Waals surface area (Å²) in [7, 11) is 0. The maximum absolute atomic E-state index is 8.84. The molecule has 0 aliphatic heterocycles. The molecule has 0 atom stereocenters. The van der Waals surface area contributed by atoms with Gasteiger partial charge in [0.1, 0.15) is 23.1 Å². The van der Waals surface area contributed by atoms with Crippen molar-refractivity contribution in [1.82, 2.24) is 19.0 Å². The molecular formula is C12H7ClN6. The number of nitrogens with zero attached hydrogens (tertiary/aromatic N) is 5. The molecule has 0 saturated carbocycles. The van der Waals surface area contributed by atoms with Crippen molar-refractivity contribution in [2.45, 2.75) is 0 Å². The zero-order valence-electron chi connectivity index (χ0n) is 9.58. The molecule has 0 spiro atoms. The lowest BCUT2D eigenvalue weighted by atomic mass is 10.2. The monoisotopic (exact) mass is 270 g/mol. The number of hydrogen-bond donors (Lipinski definition) is 1. The summed E-state index contributed by atoms with van der Waals surface area (Å²) in [5, 5.41) is 8.84. The Morgan fingerprint density at radius 3 is 2.84 bits per heavy atom. The molecule has 3 aromatic rings. The summed E-state index contributed by atoms with van der Waals surface area (Å²) in [5.74, 6) is 0.782. The van der Waals surface area contributed by atoms with E-state index in [1.807, 2.05) is 6.07 Å². The maximum Gasteiger partial charge on any atom is 0.176 e. The fourth-order valence-electron chi connectivity index (χ4n) is 1.77. The van der Waals surface area contributed by atoms with Gasteiger partial charge in [-0.25, -0.2) is 19.0 Å². The summed E-state index contributed by atoms with van der Waals surface area (Å²) in [6.45, 7) is 0. The van der Waals surface area contributed by atoms with E-state index in [-0.39, 0.29) is 5.69 Å². The summed E-state index contributed by atoms with van der Waals surface area (Å²) in [5.41, 5.74) is 7.71. The van der Waals surface area contributed by atoms with Crippen LogP contribution in [0.4, 0.5) is 5.82 Å². The van der Waals surface area contributed by atoms with Crippen LogP contribution in [0.3, 0.4) is 0 Å². The fraction of sp³-hybridized carbons (Fsp3) is 0. The Kier molecular flexibility index (Phi) is 2.54. The third kappa shape index (κ3) is 1.77. The molecule has 7 heteroatoms. The molecule has 0 radical (unpaired) electrons. The lowest BCUT2D eigenvalue weighted by Crippen LogP contribution is -1.96. The Balaban J connectivity index is 2.30. The summed E-state index contributed by atoms with van der Waals surface area (Å²) in [4.78, 5) is 12.5. The molecule has 0 aromatic carbocycles. The molecule has 3 heterocycles. The predicted octanol–water partition coefficient (Wildman–Crippen LogP) is 1.95. The van der Waals surface area contributed by atoms with Crippen LogP contribution in [0.25, 0.3) is 22.6 Å². The summed E-state index contributed by atoms with van der Waals surface area (Å²) in [6, 6.07) is 8.75. The number of nitrogens with two attached hydrogens (primary N) is 1. The number of hydrogen-bond acceptors (Lipinski definition) is 5. The first-order chi connectivity index (χ1) is 9.20. The molecule has 2 N–H and O–H groups in total. The van der Waals surface area contributed by atoms with Gasteiger partial charge in [-0.1, -0.05) is 0 Å². The molecule has 6 nitrogen and oxygen atoms in total. The van der Waals surface area contributed by atoms with Crippen molar-refractivity contribution < 1.29 is 0 Å². The lowest BCUT2D eigenvalue weighted by molar-refractivity contribution is 1.19. The Labute approximate surface area is 113 Å². The van der Waals surface area contributed by atoms with E-state index in [9.17, 15) is 0 Å². The van der Waals surface area contributed by atoms with E-state index in [1.165, 1.54) is 4.09 Å². The van der Waals surface area contributed by atoms with Crippen molar-refractivity contribution in [2.75, 3.05) is 5.73 Å². The molecular weight excluding hydrogens is 264 g/mol. The molecule has 0 unspecified atom stereocenters. The van der Waals surface area contributed by atoms with Gasteiger partial charge in [0.2, 0.25) is 0 Å². The highest BCUT2D eigenvalue weighted by molar-refractivity contribution is 6.20. The van der Waals surface area contributed by atoms with E-state index >= 15 is 0 Å². The van der Waals surface area contributed by atoms with Crippen molar-refractivity contribution in [3.63, 3.8) is 0 Å². The predicted molar refractivity (Wildman–Crippen MR) is 71.1 cm³/mol. The quantitative estimate of drug-likeness (QED) is 0.729. The second kappa shape index (κ2) is 4.23. The van der Waals surface area contributed by atoms with Gasteiger partial charge in [-0.15, -0.1) is 0 Å². The third-order valence-electron chi connectivity index (χ3n) is 2.65. The number of fused-ring (bicyclic) bond motifs is 1. The average Bonchev–Trinajstić information content (AvgIpc) is 2.76. The van der Waals surface area contributed by atoms with Crippen molar-refractivity contribution in [3.8, 4) is 17.5 Å². The van der Waals surface area contributed by atoms with Gasteiger partial charge in [0.15, 0.2) is 11.5 Å². The molecule has 0 saturated heterocycles. The number of aromatic nitrogens is 4. The summed E-state index contributed by atoms with van der Waals surface area (Å²) >= 11 is 6.19. The van der Waals surface area contributed by atoms with Crippen LogP contribution in [-0.4, -0.2) is 19.0 Å². The zero-order chi connectivity index (χ0) is 13.4. The maximum atomic E-state index is 8.84. The van der Waals surface area contributed by atoms with Crippen molar-refractivity contribution in [2.24, 2.45) is 0 Å². The fourth-order valence-corrected chi connectivity index (χ4v) is 2.02. The van der Waals surface area contributed by atoms with Crippen molar-refractivity contribution in [3.05, 3.63) is 36.2 Å². The molecule has 0 amide bonds. The minimum absolute atomic E-state index is 0.278. The minimum atomic E-state index is 0.278. The number of nitrogen functional groups attached to an aromatic ring is 1. The number of imidazole rings is 1. The zero-order valence-corrected chi connectivity index (χ0v) is 10.3. The van der Waals surface area contributed by atoms with E-state index < -0.39 is 0 Å². The Morgan fingerprint density at radius 2 is 2.11 bits per heavy atom. The summed E-state index contributed by atoms with van der Waals surface area (Å²) < 4.78 is 1.28. The molecule has 0 bridgehead atoms. The van der Waals surface area contributed by atoms with E-state index in [0.29, 0.717) is 28.4 Å². The van der Waals surface area contributed by atoms with Crippen LogP contribution in [-0.2, 0) is 0 Å². The van der Waals surface area contributed by atoms with Crippen LogP contribution in [0.5, 0.6) is 0 Å². The number of halogens is 1. The van der Waals surface area contributed by atoms with Gasteiger partial charge in [0.25, 0.3) is 0 Å². The van der Waals surface area contributed by atoms with Gasteiger partial charge in [-0.3, -0.25) is 0 Å². The van der Waals surface area contributed by atoms with E-state index in [4.69, 9.17) is 22.8 Å². The second-order valence-electron chi connectivity index (χ2n) is 3.80. The van der Waals surface area contributed by atoms with Crippen LogP contribution < -0.4 is 5.73 Å². The molecule has 0 fully saturated rings. The van der Waals surface area contributed by atoms with E-state index in [1.54, 1.807) is 30.5 Å². The third-order valence-corrected chi connectivity index (χ3v) is 2.97. The van der Waals surface area contributed by atoms with Gasteiger partial charge < -0.3 is 5.73 Å². The normalized spacial score (nSPS) is 10.5. The highest BCUT2D eigenvalue weighted by Gasteiger charge is 2.15. The van der Waals surface area contributed by atoms with Crippen LogP contribution >= 0.6 is 11.8 Å². The van der Waals surface area contributed by atoms with Crippen LogP contribution in [0, 0.1) is 11.3 Å². The smallest absolute Gasteiger partial charge is 0.176 e. The van der Waals surface area contributed by atoms with Crippen LogP contribution in [0.15, 0.2) is 30.5 Å². The van der Waals surface area contributed by atoms with E-state index in [0.717, 1.165) is 0 Å². The number of pyridine rings is 2. The number of nitriles is 1. The first-order valence-corrected chi connectivity index (χ1v) is 5.71. The van der Waals surface area contributed by atoms with Gasteiger partial charge in [0.05, 0.1) is 5.56 Å². The first-order valence-electron chi connectivity index (χ1n) is 5.37. The number of anilines is 1. The standard InChI is InChI=1S/C12H7ClN6/c13-19-11(8-2-1-5-16-10(8)15)18-9-4-3-7(6-14)17-12(9)19/h1-5H,(H2,15,16). The molecule has 0 aliphatic carbocycles. The van der Waals surface area contributed by atoms with Gasteiger partial charge in [-0.2, -0.15) is 5.26 Å². The van der Waals surface area contributed by atoms with Gasteiger partial charge in [0, 0.05) is 18.0 Å². The lowest BCUT2D eigenvalue weighted by Gasteiger charge is -2.02. The molecule has 3 aromatic heterocycles.